The average Bonchev–Trinajstić information content (AvgIpc) is 2.81. The summed E-state index contributed by atoms with van der Waals surface area (Å²) in [5.74, 6) is 0.154. The van der Waals surface area contributed by atoms with E-state index >= 15 is 0 Å². The topological polar surface area (TPSA) is 58.1 Å². The van der Waals surface area contributed by atoms with E-state index in [0.717, 1.165) is 49.3 Å². The molecule has 160 valence electrons. The molecule has 0 saturated carbocycles. The third-order valence-electron chi connectivity index (χ3n) is 6.11. The van der Waals surface area contributed by atoms with E-state index in [0.29, 0.717) is 13.0 Å². The maximum absolute atomic E-state index is 13.4. The lowest BCUT2D eigenvalue weighted by atomic mass is 9.73. The molecule has 0 aliphatic carbocycles. The minimum Gasteiger partial charge on any atom is -0.356 e. The second-order valence-corrected chi connectivity index (χ2v) is 8.35. The molecule has 1 N–H and O–H groups in total. The van der Waals surface area contributed by atoms with Crippen LogP contribution in [0.5, 0.6) is 0 Å². The van der Waals surface area contributed by atoms with Gasteiger partial charge in [0, 0.05) is 43.8 Å². The summed E-state index contributed by atoms with van der Waals surface area (Å²) in [5.41, 5.74) is 4.03. The van der Waals surface area contributed by atoms with Crippen molar-refractivity contribution in [1.82, 2.24) is 20.2 Å². The average molecular weight is 415 g/mol. The first-order valence-electron chi connectivity index (χ1n) is 11.1. The Bertz CT molecular complexity index is 993. The zero-order valence-electron chi connectivity index (χ0n) is 18.1. The Balaban J connectivity index is 1.64. The fraction of sp³-hybridized carbons (Fsp3) is 0.346. The highest BCUT2D eigenvalue weighted by Crippen LogP contribution is 2.37. The van der Waals surface area contributed by atoms with Gasteiger partial charge in [0.1, 0.15) is 0 Å². The number of nitrogens with one attached hydrogen (secondary N) is 1. The molecule has 1 unspecified atom stereocenters. The highest BCUT2D eigenvalue weighted by molar-refractivity contribution is 5.84. The Morgan fingerprint density at radius 3 is 2.74 bits per heavy atom. The van der Waals surface area contributed by atoms with Gasteiger partial charge in [-0.3, -0.25) is 19.7 Å². The Kier molecular flexibility index (Phi) is 6.73. The molecule has 1 amide bonds. The second-order valence-electron chi connectivity index (χ2n) is 8.35. The molecular formula is C26H30N4O. The number of likely N-dealkylation sites (tertiary alicyclic amines) is 1. The molecule has 31 heavy (non-hydrogen) atoms. The van der Waals surface area contributed by atoms with Gasteiger partial charge < -0.3 is 5.32 Å². The first-order valence-corrected chi connectivity index (χ1v) is 11.1. The van der Waals surface area contributed by atoms with Gasteiger partial charge in [0.2, 0.25) is 5.91 Å². The van der Waals surface area contributed by atoms with E-state index in [1.165, 1.54) is 5.56 Å². The number of piperidine rings is 1. The molecule has 1 aromatic carbocycles. The monoisotopic (exact) mass is 414 g/mol. The largest absolute Gasteiger partial charge is 0.356 e. The summed E-state index contributed by atoms with van der Waals surface area (Å²) in [7, 11) is 0. The number of pyridine rings is 2. The van der Waals surface area contributed by atoms with Gasteiger partial charge in [-0.1, -0.05) is 36.4 Å². The zero-order chi connectivity index (χ0) is 21.5. The van der Waals surface area contributed by atoms with E-state index < -0.39 is 5.41 Å². The van der Waals surface area contributed by atoms with E-state index in [-0.39, 0.29) is 5.91 Å². The molecule has 3 aromatic rings. The zero-order valence-corrected chi connectivity index (χ0v) is 18.1. The van der Waals surface area contributed by atoms with Crippen molar-refractivity contribution in [2.24, 2.45) is 5.41 Å². The number of aromatic nitrogens is 2. The summed E-state index contributed by atoms with van der Waals surface area (Å²) in [6, 6.07) is 18.5. The van der Waals surface area contributed by atoms with E-state index in [9.17, 15) is 4.79 Å². The fourth-order valence-corrected chi connectivity index (χ4v) is 4.68. The smallest absolute Gasteiger partial charge is 0.227 e. The molecule has 0 spiro atoms. The molecule has 1 atom stereocenters. The van der Waals surface area contributed by atoms with Crippen LogP contribution in [-0.4, -0.2) is 40.4 Å². The van der Waals surface area contributed by atoms with Crippen molar-refractivity contribution in [2.45, 2.75) is 32.7 Å². The number of hydrogen-bond acceptors (Lipinski definition) is 4. The SMILES string of the molecule is CCNC(=O)C1(Cc2ccccc2-c2cccnc2)CCCN(Cc2ccccn2)C1. The number of nitrogens with zero attached hydrogens (tertiary/aromatic N) is 3. The van der Waals surface area contributed by atoms with Gasteiger partial charge in [0.05, 0.1) is 11.1 Å². The molecule has 1 aliphatic heterocycles. The van der Waals surface area contributed by atoms with Crippen molar-refractivity contribution < 1.29 is 4.79 Å². The number of carbonyl (C=O) groups excluding carboxylic acids is 1. The number of amides is 1. The van der Waals surface area contributed by atoms with Crippen LogP contribution in [0.4, 0.5) is 0 Å². The first kappa shape index (κ1) is 21.2. The third kappa shape index (κ3) is 5.00. The molecule has 4 rings (SSSR count). The van der Waals surface area contributed by atoms with Crippen LogP contribution in [0.3, 0.4) is 0 Å². The van der Waals surface area contributed by atoms with Crippen LogP contribution in [0.25, 0.3) is 11.1 Å². The normalized spacial score (nSPS) is 19.1. The quantitative estimate of drug-likeness (QED) is 0.632. The van der Waals surface area contributed by atoms with Crippen molar-refractivity contribution in [2.75, 3.05) is 19.6 Å². The molecule has 0 bridgehead atoms. The van der Waals surface area contributed by atoms with Crippen molar-refractivity contribution >= 4 is 5.91 Å². The maximum Gasteiger partial charge on any atom is 0.227 e. The number of carbonyl (C=O) groups is 1. The lowest BCUT2D eigenvalue weighted by molar-refractivity contribution is -0.134. The van der Waals surface area contributed by atoms with Gasteiger partial charge in [-0.05, 0) is 62.1 Å². The summed E-state index contributed by atoms with van der Waals surface area (Å²) in [5, 5.41) is 3.13. The van der Waals surface area contributed by atoms with E-state index in [2.05, 4.69) is 56.6 Å². The Hall–Kier alpha value is -3.05. The van der Waals surface area contributed by atoms with Crippen molar-refractivity contribution in [3.05, 3.63) is 84.4 Å². The van der Waals surface area contributed by atoms with Crippen LogP contribution < -0.4 is 5.32 Å². The standard InChI is InChI=1S/C26H30N4O/c1-2-28-25(31)26(13-8-16-30(20-26)19-23-11-5-6-15-29-23)17-21-9-3-4-12-24(21)22-10-7-14-27-18-22/h3-7,9-12,14-15,18H,2,8,13,16-17,19-20H2,1H3,(H,28,31). The van der Waals surface area contributed by atoms with Gasteiger partial charge in [0.15, 0.2) is 0 Å². The summed E-state index contributed by atoms with van der Waals surface area (Å²) in [6.45, 7) is 5.12. The van der Waals surface area contributed by atoms with Crippen LogP contribution in [0.2, 0.25) is 0 Å². The lowest BCUT2D eigenvalue weighted by Crippen LogP contribution is -2.53. The fourth-order valence-electron chi connectivity index (χ4n) is 4.68. The Labute approximate surface area is 184 Å². The van der Waals surface area contributed by atoms with Gasteiger partial charge in [-0.25, -0.2) is 0 Å². The molecule has 0 radical (unpaired) electrons. The number of hydrogen-bond donors (Lipinski definition) is 1. The van der Waals surface area contributed by atoms with E-state index in [1.807, 2.05) is 37.5 Å². The molecule has 2 aromatic heterocycles. The summed E-state index contributed by atoms with van der Waals surface area (Å²) < 4.78 is 0. The van der Waals surface area contributed by atoms with Gasteiger partial charge in [-0.15, -0.1) is 0 Å². The Morgan fingerprint density at radius 2 is 1.97 bits per heavy atom. The van der Waals surface area contributed by atoms with Gasteiger partial charge >= 0.3 is 0 Å². The lowest BCUT2D eigenvalue weighted by Gasteiger charge is -2.42. The Morgan fingerprint density at radius 1 is 1.10 bits per heavy atom. The van der Waals surface area contributed by atoms with E-state index in [4.69, 9.17) is 0 Å². The summed E-state index contributed by atoms with van der Waals surface area (Å²) in [6.07, 6.45) is 8.12. The minimum atomic E-state index is -0.457. The van der Waals surface area contributed by atoms with Gasteiger partial charge in [-0.2, -0.15) is 0 Å². The highest BCUT2D eigenvalue weighted by atomic mass is 16.2. The third-order valence-corrected chi connectivity index (χ3v) is 6.11. The van der Waals surface area contributed by atoms with Crippen molar-refractivity contribution in [1.29, 1.82) is 0 Å². The van der Waals surface area contributed by atoms with Crippen molar-refractivity contribution in [3.8, 4) is 11.1 Å². The van der Waals surface area contributed by atoms with Crippen LogP contribution >= 0.6 is 0 Å². The first-order chi connectivity index (χ1) is 15.2. The summed E-state index contributed by atoms with van der Waals surface area (Å²) >= 11 is 0. The van der Waals surface area contributed by atoms with E-state index in [1.54, 1.807) is 6.20 Å². The van der Waals surface area contributed by atoms with Crippen LogP contribution in [-0.2, 0) is 17.8 Å². The molecule has 1 saturated heterocycles. The van der Waals surface area contributed by atoms with Gasteiger partial charge in [0.25, 0.3) is 0 Å². The maximum atomic E-state index is 13.4. The molecule has 5 nitrogen and oxygen atoms in total. The van der Waals surface area contributed by atoms with Crippen LogP contribution in [0.15, 0.2) is 73.2 Å². The van der Waals surface area contributed by atoms with Crippen LogP contribution in [0.1, 0.15) is 31.0 Å². The minimum absolute atomic E-state index is 0.154. The number of rotatable bonds is 7. The summed E-state index contributed by atoms with van der Waals surface area (Å²) in [4.78, 5) is 24.6. The molecular weight excluding hydrogens is 384 g/mol. The second kappa shape index (κ2) is 9.84. The molecule has 3 heterocycles. The molecule has 1 aliphatic rings. The molecule has 5 heteroatoms. The van der Waals surface area contributed by atoms with Crippen LogP contribution in [0, 0.1) is 5.41 Å². The highest BCUT2D eigenvalue weighted by Gasteiger charge is 2.42. The predicted octanol–water partition coefficient (Wildman–Crippen LogP) is 4.10. The molecule has 1 fully saturated rings. The predicted molar refractivity (Wildman–Crippen MR) is 123 cm³/mol. The van der Waals surface area contributed by atoms with Crippen molar-refractivity contribution in [3.63, 3.8) is 0 Å². The number of benzene rings is 1.